The van der Waals surface area contributed by atoms with Crippen LogP contribution >= 0.6 is 0 Å². The van der Waals surface area contributed by atoms with Crippen molar-refractivity contribution >= 4 is 5.69 Å². The van der Waals surface area contributed by atoms with Crippen molar-refractivity contribution in [2.45, 2.75) is 12.4 Å². The maximum absolute atomic E-state index is 13.0. The van der Waals surface area contributed by atoms with Gasteiger partial charge in [0.1, 0.15) is 0 Å². The molecule has 0 fully saturated rings. The van der Waals surface area contributed by atoms with E-state index in [0.29, 0.717) is 12.1 Å². The third-order valence-electron chi connectivity index (χ3n) is 2.85. The highest BCUT2D eigenvalue weighted by Crippen LogP contribution is 2.39. The average molecular weight is 305 g/mol. The number of rotatable bonds is 1. The summed E-state index contributed by atoms with van der Waals surface area (Å²) in [5.74, 6) is 0. The molecule has 2 rings (SSSR count). The highest BCUT2D eigenvalue weighted by molar-refractivity contribution is 5.71. The van der Waals surface area contributed by atoms with Crippen molar-refractivity contribution in [2.75, 3.05) is 5.73 Å². The lowest BCUT2D eigenvalue weighted by Crippen LogP contribution is -2.09. The highest BCUT2D eigenvalue weighted by atomic mass is 19.4. The van der Waals surface area contributed by atoms with Gasteiger partial charge in [-0.2, -0.15) is 26.3 Å². The second-order valence-corrected chi connectivity index (χ2v) is 4.38. The minimum Gasteiger partial charge on any atom is -0.399 e. The molecule has 0 aliphatic rings. The quantitative estimate of drug-likeness (QED) is 0.584. The van der Waals surface area contributed by atoms with Crippen molar-refractivity contribution in [1.29, 1.82) is 0 Å². The Labute approximate surface area is 116 Å². The molecule has 7 heteroatoms. The van der Waals surface area contributed by atoms with Gasteiger partial charge in [-0.25, -0.2) is 0 Å². The minimum absolute atomic E-state index is 0.113. The van der Waals surface area contributed by atoms with Crippen molar-refractivity contribution < 1.29 is 26.3 Å². The van der Waals surface area contributed by atoms with Crippen LogP contribution in [0.2, 0.25) is 0 Å². The van der Waals surface area contributed by atoms with E-state index < -0.39 is 23.5 Å². The number of nitrogens with two attached hydrogens (primary N) is 1. The molecule has 2 N–H and O–H groups in total. The number of halogens is 6. The van der Waals surface area contributed by atoms with Gasteiger partial charge in [0.25, 0.3) is 0 Å². The van der Waals surface area contributed by atoms with Crippen LogP contribution in [0.15, 0.2) is 42.5 Å². The zero-order chi connectivity index (χ0) is 15.8. The van der Waals surface area contributed by atoms with E-state index in [9.17, 15) is 26.3 Å². The normalized spacial score (nSPS) is 12.5. The lowest BCUT2D eigenvalue weighted by Gasteiger charge is -2.15. The lowest BCUT2D eigenvalue weighted by atomic mass is 9.97. The van der Waals surface area contributed by atoms with Gasteiger partial charge in [0, 0.05) is 5.69 Å². The van der Waals surface area contributed by atoms with Crippen LogP contribution in [0.4, 0.5) is 32.0 Å². The molecule has 21 heavy (non-hydrogen) atoms. The van der Waals surface area contributed by atoms with E-state index in [2.05, 4.69) is 0 Å². The molecular formula is C14H9F6N. The van der Waals surface area contributed by atoms with Gasteiger partial charge in [0.05, 0.1) is 11.1 Å². The first-order valence-corrected chi connectivity index (χ1v) is 5.73. The molecule has 0 aliphatic carbocycles. The van der Waals surface area contributed by atoms with Crippen molar-refractivity contribution in [3.8, 4) is 11.1 Å². The highest BCUT2D eigenvalue weighted by Gasteiger charge is 2.35. The number of benzene rings is 2. The number of anilines is 1. The van der Waals surface area contributed by atoms with Crippen LogP contribution in [-0.4, -0.2) is 0 Å². The molecule has 0 unspecified atom stereocenters. The van der Waals surface area contributed by atoms with Crippen molar-refractivity contribution in [2.24, 2.45) is 0 Å². The summed E-state index contributed by atoms with van der Waals surface area (Å²) in [5.41, 5.74) is 2.62. The number of hydrogen-bond donors (Lipinski definition) is 1. The number of alkyl halides is 6. The molecule has 2 aromatic rings. The third kappa shape index (κ3) is 3.29. The van der Waals surface area contributed by atoms with Crippen LogP contribution < -0.4 is 5.73 Å². The fourth-order valence-electron chi connectivity index (χ4n) is 1.91. The summed E-state index contributed by atoms with van der Waals surface area (Å²) in [7, 11) is 0. The van der Waals surface area contributed by atoms with Gasteiger partial charge >= 0.3 is 12.4 Å². The van der Waals surface area contributed by atoms with Gasteiger partial charge in [-0.15, -0.1) is 0 Å². The van der Waals surface area contributed by atoms with Gasteiger partial charge in [-0.05, 0) is 35.4 Å². The largest absolute Gasteiger partial charge is 0.417 e. The Morgan fingerprint density at radius 2 is 1.43 bits per heavy atom. The number of nitrogen functional groups attached to an aromatic ring is 1. The van der Waals surface area contributed by atoms with E-state index in [0.717, 1.165) is 18.2 Å². The predicted octanol–water partition coefficient (Wildman–Crippen LogP) is 4.97. The van der Waals surface area contributed by atoms with Crippen molar-refractivity contribution in [1.82, 2.24) is 0 Å². The Bertz CT molecular complexity index is 657. The Morgan fingerprint density at radius 3 is 2.00 bits per heavy atom. The maximum Gasteiger partial charge on any atom is 0.417 e. The summed E-state index contributed by atoms with van der Waals surface area (Å²) in [6.45, 7) is 0. The molecule has 2 aromatic carbocycles. The van der Waals surface area contributed by atoms with E-state index in [1.165, 1.54) is 12.1 Å². The summed E-state index contributed by atoms with van der Waals surface area (Å²) < 4.78 is 76.8. The van der Waals surface area contributed by atoms with Gasteiger partial charge in [0.15, 0.2) is 0 Å². The Hall–Kier alpha value is -2.18. The minimum atomic E-state index is -4.71. The smallest absolute Gasteiger partial charge is 0.399 e. The first kappa shape index (κ1) is 15.2. The molecule has 0 aromatic heterocycles. The van der Waals surface area contributed by atoms with E-state index in [4.69, 9.17) is 5.73 Å². The lowest BCUT2D eigenvalue weighted by molar-refractivity contribution is -0.137. The summed E-state index contributed by atoms with van der Waals surface area (Å²) in [5, 5.41) is 0. The van der Waals surface area contributed by atoms with Crippen LogP contribution in [-0.2, 0) is 12.4 Å². The van der Waals surface area contributed by atoms with Crippen LogP contribution in [0.3, 0.4) is 0 Å². The molecule has 0 radical (unpaired) electrons. The summed E-state index contributed by atoms with van der Waals surface area (Å²) in [6.07, 6.45) is -9.33. The van der Waals surface area contributed by atoms with Crippen LogP contribution in [0, 0.1) is 0 Å². The molecule has 0 spiro atoms. The second-order valence-electron chi connectivity index (χ2n) is 4.38. The fraction of sp³-hybridized carbons (Fsp3) is 0.143. The standard InChI is InChI=1S/C14H9F6N/c15-13(16,17)9-3-1-2-8(6-9)11-5-4-10(21)7-12(11)14(18,19)20/h1-7H,21H2. The topological polar surface area (TPSA) is 26.0 Å². The monoisotopic (exact) mass is 305 g/mol. The van der Waals surface area contributed by atoms with E-state index in [-0.39, 0.29) is 16.8 Å². The molecule has 0 aliphatic heterocycles. The molecule has 0 heterocycles. The SMILES string of the molecule is Nc1ccc(-c2cccc(C(F)(F)F)c2)c(C(F)(F)F)c1. The van der Waals surface area contributed by atoms with E-state index in [1.54, 1.807) is 0 Å². The van der Waals surface area contributed by atoms with Crippen LogP contribution in [0.1, 0.15) is 11.1 Å². The summed E-state index contributed by atoms with van der Waals surface area (Å²) in [4.78, 5) is 0. The van der Waals surface area contributed by atoms with Crippen LogP contribution in [0.25, 0.3) is 11.1 Å². The first-order valence-electron chi connectivity index (χ1n) is 5.73. The molecule has 0 atom stereocenters. The Kier molecular flexibility index (Phi) is 3.61. The van der Waals surface area contributed by atoms with Gasteiger partial charge < -0.3 is 5.73 Å². The zero-order valence-electron chi connectivity index (χ0n) is 10.4. The Balaban J connectivity index is 2.63. The molecular weight excluding hydrogens is 296 g/mol. The third-order valence-corrected chi connectivity index (χ3v) is 2.85. The van der Waals surface area contributed by atoms with Crippen LogP contribution in [0.5, 0.6) is 0 Å². The molecule has 1 nitrogen and oxygen atoms in total. The second kappa shape index (κ2) is 4.98. The Morgan fingerprint density at radius 1 is 0.762 bits per heavy atom. The average Bonchev–Trinajstić information content (AvgIpc) is 2.37. The molecule has 0 amide bonds. The first-order chi connectivity index (χ1) is 9.59. The molecule has 112 valence electrons. The zero-order valence-corrected chi connectivity index (χ0v) is 10.4. The van der Waals surface area contributed by atoms with Crippen molar-refractivity contribution in [3.63, 3.8) is 0 Å². The summed E-state index contributed by atoms with van der Waals surface area (Å²) >= 11 is 0. The molecule has 0 saturated heterocycles. The summed E-state index contributed by atoms with van der Waals surface area (Å²) in [6, 6.07) is 6.72. The fourth-order valence-corrected chi connectivity index (χ4v) is 1.91. The van der Waals surface area contributed by atoms with E-state index in [1.807, 2.05) is 0 Å². The maximum atomic E-state index is 13.0. The van der Waals surface area contributed by atoms with Crippen molar-refractivity contribution in [3.05, 3.63) is 53.6 Å². The van der Waals surface area contributed by atoms with Gasteiger partial charge in [-0.1, -0.05) is 18.2 Å². The predicted molar refractivity (Wildman–Crippen MR) is 66.3 cm³/mol. The molecule has 0 saturated carbocycles. The number of hydrogen-bond acceptors (Lipinski definition) is 1. The van der Waals surface area contributed by atoms with E-state index >= 15 is 0 Å². The molecule has 0 bridgehead atoms. The van der Waals surface area contributed by atoms with Gasteiger partial charge in [-0.3, -0.25) is 0 Å². The van der Waals surface area contributed by atoms with Gasteiger partial charge in [0.2, 0.25) is 0 Å².